The molecule has 1 aromatic heterocycles. The highest BCUT2D eigenvalue weighted by molar-refractivity contribution is 7.92. The van der Waals surface area contributed by atoms with Gasteiger partial charge in [0, 0.05) is 17.1 Å². The summed E-state index contributed by atoms with van der Waals surface area (Å²) in [5.74, 6) is 0.764. The number of halogens is 1. The van der Waals surface area contributed by atoms with Crippen molar-refractivity contribution in [3.05, 3.63) is 93.5 Å². The molecule has 3 aromatic carbocycles. The summed E-state index contributed by atoms with van der Waals surface area (Å²) >= 11 is 0. The second kappa shape index (κ2) is 9.09. The van der Waals surface area contributed by atoms with E-state index in [-0.39, 0.29) is 22.9 Å². The van der Waals surface area contributed by atoms with E-state index < -0.39 is 10.0 Å². The quantitative estimate of drug-likeness (QED) is 0.325. The van der Waals surface area contributed by atoms with E-state index >= 15 is 0 Å². The number of anilines is 1. The van der Waals surface area contributed by atoms with Gasteiger partial charge >= 0.3 is 0 Å². The topological polar surface area (TPSA) is 77.4 Å². The van der Waals surface area contributed by atoms with Gasteiger partial charge in [0.05, 0.1) is 22.6 Å². The van der Waals surface area contributed by atoms with Crippen molar-refractivity contribution in [1.82, 2.24) is 4.57 Å². The predicted octanol–water partition coefficient (Wildman–Crippen LogP) is 6.18. The van der Waals surface area contributed by atoms with Crippen LogP contribution in [0.15, 0.2) is 65.6 Å². The summed E-state index contributed by atoms with van der Waals surface area (Å²) in [5, 5.41) is 0.585. The number of ether oxygens (including phenoxy) is 1. The number of benzene rings is 3. The lowest BCUT2D eigenvalue weighted by Crippen LogP contribution is -2.16. The average Bonchev–Trinajstić information content (AvgIpc) is 3.68. The third kappa shape index (κ3) is 4.60. The number of nitrogens with zero attached hydrogens (tertiary/aromatic N) is 1. The van der Waals surface area contributed by atoms with Crippen molar-refractivity contribution in [2.75, 3.05) is 10.5 Å². The van der Waals surface area contributed by atoms with Crippen LogP contribution in [0.2, 0.25) is 0 Å². The molecule has 0 unspecified atom stereocenters. The molecule has 1 aliphatic rings. The number of nitrogens with one attached hydrogen (secondary N) is 1. The van der Waals surface area contributed by atoms with E-state index in [9.17, 15) is 17.6 Å². The molecule has 1 heterocycles. The molecular formula is C28H27FN2O4S. The van der Waals surface area contributed by atoms with Crippen LogP contribution >= 0.6 is 0 Å². The molecule has 1 fully saturated rings. The third-order valence-electron chi connectivity index (χ3n) is 6.46. The molecule has 0 amide bonds. The van der Waals surface area contributed by atoms with Gasteiger partial charge in [0.25, 0.3) is 0 Å². The molecule has 0 saturated heterocycles. The maximum absolute atomic E-state index is 13.9. The largest absolute Gasteiger partial charge is 0.455 e. The summed E-state index contributed by atoms with van der Waals surface area (Å²) in [5.41, 5.74) is 3.64. The van der Waals surface area contributed by atoms with Crippen LogP contribution in [0.5, 0.6) is 11.5 Å². The Bertz CT molecular complexity index is 1630. The van der Waals surface area contributed by atoms with Gasteiger partial charge in [-0.2, -0.15) is 0 Å². The molecule has 36 heavy (non-hydrogen) atoms. The van der Waals surface area contributed by atoms with Crippen LogP contribution in [0.1, 0.15) is 42.4 Å². The van der Waals surface area contributed by atoms with Crippen LogP contribution in [-0.2, 0) is 10.0 Å². The summed E-state index contributed by atoms with van der Waals surface area (Å²) in [6, 6.07) is 15.2. The fraction of sp³-hybridized carbons (Fsp3) is 0.250. The number of fused-ring (bicyclic) bond motifs is 1. The van der Waals surface area contributed by atoms with Crippen molar-refractivity contribution >= 4 is 26.6 Å². The van der Waals surface area contributed by atoms with Crippen LogP contribution in [0.25, 0.3) is 16.6 Å². The minimum atomic E-state index is -3.51. The van der Waals surface area contributed by atoms with Crippen molar-refractivity contribution in [2.45, 2.75) is 39.5 Å². The molecule has 5 rings (SSSR count). The smallest absolute Gasteiger partial charge is 0.232 e. The van der Waals surface area contributed by atoms with E-state index in [4.69, 9.17) is 4.74 Å². The SMILES string of the molecule is CCS(=O)(=O)Nc1ccc(Oc2c(C)cc(F)cc2C)c(-n2cc(C3CC3)c(=O)c3ccccc32)c1. The van der Waals surface area contributed by atoms with Crippen molar-refractivity contribution in [2.24, 2.45) is 0 Å². The summed E-state index contributed by atoms with van der Waals surface area (Å²) in [6.07, 6.45) is 3.76. The fourth-order valence-electron chi connectivity index (χ4n) is 4.46. The molecule has 0 bridgehead atoms. The molecule has 4 aromatic rings. The molecule has 0 spiro atoms. The Kier molecular flexibility index (Phi) is 6.08. The molecule has 186 valence electrons. The van der Waals surface area contributed by atoms with Gasteiger partial charge in [0.2, 0.25) is 10.0 Å². The first kappa shape index (κ1) is 24.1. The first-order valence-corrected chi connectivity index (χ1v) is 13.6. The Morgan fingerprint density at radius 3 is 2.42 bits per heavy atom. The van der Waals surface area contributed by atoms with Gasteiger partial charge in [-0.05, 0) is 93.1 Å². The predicted molar refractivity (Wildman–Crippen MR) is 141 cm³/mol. The number of aryl methyl sites for hydroxylation is 2. The van der Waals surface area contributed by atoms with E-state index in [2.05, 4.69) is 4.72 Å². The molecule has 1 aliphatic carbocycles. The summed E-state index contributed by atoms with van der Waals surface area (Å²) < 4.78 is 49.3. The summed E-state index contributed by atoms with van der Waals surface area (Å²) in [7, 11) is -3.51. The molecule has 1 saturated carbocycles. The third-order valence-corrected chi connectivity index (χ3v) is 7.77. The monoisotopic (exact) mass is 506 g/mol. The Labute approximate surface area is 209 Å². The number of pyridine rings is 1. The first-order valence-electron chi connectivity index (χ1n) is 11.9. The normalized spacial score (nSPS) is 13.7. The maximum Gasteiger partial charge on any atom is 0.232 e. The molecular weight excluding hydrogens is 479 g/mol. The number of rotatable bonds is 7. The first-order chi connectivity index (χ1) is 17.2. The van der Waals surface area contributed by atoms with E-state index in [0.29, 0.717) is 44.9 Å². The fourth-order valence-corrected chi connectivity index (χ4v) is 5.09. The van der Waals surface area contributed by atoms with Crippen molar-refractivity contribution < 1.29 is 17.5 Å². The second-order valence-corrected chi connectivity index (χ2v) is 11.2. The number of sulfonamides is 1. The standard InChI is InChI=1S/C28H27FN2O4S/c1-4-36(33,34)30-21-11-12-26(35-28-17(2)13-20(29)14-18(28)3)25(15-21)31-16-23(19-9-10-19)27(32)22-7-5-6-8-24(22)31/h5-8,11-16,19,30H,4,9-10H2,1-3H3. The molecule has 6 nitrogen and oxygen atoms in total. The Balaban J connectivity index is 1.75. The molecule has 0 radical (unpaired) electrons. The zero-order chi connectivity index (χ0) is 25.6. The average molecular weight is 507 g/mol. The van der Waals surface area contributed by atoms with Gasteiger partial charge in [-0.1, -0.05) is 12.1 Å². The summed E-state index contributed by atoms with van der Waals surface area (Å²) in [6.45, 7) is 5.11. The van der Waals surface area contributed by atoms with Crippen LogP contribution in [-0.4, -0.2) is 18.7 Å². The minimum absolute atomic E-state index is 0.0138. The van der Waals surface area contributed by atoms with E-state index in [1.54, 1.807) is 45.0 Å². The zero-order valence-corrected chi connectivity index (χ0v) is 21.2. The second-order valence-electron chi connectivity index (χ2n) is 9.23. The highest BCUT2D eigenvalue weighted by atomic mass is 32.2. The van der Waals surface area contributed by atoms with Gasteiger partial charge in [-0.3, -0.25) is 9.52 Å². The lowest BCUT2D eigenvalue weighted by Gasteiger charge is -2.20. The number of para-hydroxylation sites is 1. The van der Waals surface area contributed by atoms with Crippen LogP contribution < -0.4 is 14.9 Å². The Hall–Kier alpha value is -3.65. The van der Waals surface area contributed by atoms with Crippen molar-refractivity contribution in [3.63, 3.8) is 0 Å². The van der Waals surface area contributed by atoms with E-state index in [1.165, 1.54) is 12.1 Å². The van der Waals surface area contributed by atoms with Crippen molar-refractivity contribution in [3.8, 4) is 17.2 Å². The van der Waals surface area contributed by atoms with E-state index in [1.807, 2.05) is 29.0 Å². The molecule has 0 aliphatic heterocycles. The van der Waals surface area contributed by atoms with Gasteiger partial charge in [-0.15, -0.1) is 0 Å². The Morgan fingerprint density at radius 2 is 1.75 bits per heavy atom. The highest BCUT2D eigenvalue weighted by Gasteiger charge is 2.28. The van der Waals surface area contributed by atoms with Gasteiger partial charge in [-0.25, -0.2) is 12.8 Å². The van der Waals surface area contributed by atoms with Crippen LogP contribution in [0, 0.1) is 19.7 Å². The lowest BCUT2D eigenvalue weighted by molar-refractivity contribution is 0.470. The lowest BCUT2D eigenvalue weighted by atomic mass is 10.1. The molecule has 8 heteroatoms. The number of hydrogen-bond donors (Lipinski definition) is 1. The molecule has 0 atom stereocenters. The van der Waals surface area contributed by atoms with E-state index in [0.717, 1.165) is 18.4 Å². The van der Waals surface area contributed by atoms with Crippen LogP contribution in [0.3, 0.4) is 0 Å². The summed E-state index contributed by atoms with van der Waals surface area (Å²) in [4.78, 5) is 13.2. The highest BCUT2D eigenvalue weighted by Crippen LogP contribution is 2.41. The number of hydrogen-bond acceptors (Lipinski definition) is 4. The molecule has 1 N–H and O–H groups in total. The van der Waals surface area contributed by atoms with Crippen molar-refractivity contribution in [1.29, 1.82) is 0 Å². The van der Waals surface area contributed by atoms with Gasteiger partial charge in [0.1, 0.15) is 11.6 Å². The van der Waals surface area contributed by atoms with Gasteiger partial charge in [0.15, 0.2) is 11.2 Å². The maximum atomic E-state index is 13.9. The minimum Gasteiger partial charge on any atom is -0.455 e. The number of aromatic nitrogens is 1. The van der Waals surface area contributed by atoms with Gasteiger partial charge < -0.3 is 9.30 Å². The Morgan fingerprint density at radius 1 is 1.06 bits per heavy atom. The zero-order valence-electron chi connectivity index (χ0n) is 20.3. The van der Waals surface area contributed by atoms with Crippen LogP contribution in [0.4, 0.5) is 10.1 Å².